The predicted molar refractivity (Wildman–Crippen MR) is 118 cm³/mol. The van der Waals surface area contributed by atoms with Crippen LogP contribution >= 0.6 is 0 Å². The van der Waals surface area contributed by atoms with Crippen molar-refractivity contribution in [1.82, 2.24) is 0 Å². The van der Waals surface area contributed by atoms with Crippen LogP contribution < -0.4 is 4.90 Å². The van der Waals surface area contributed by atoms with Crippen LogP contribution in [0.15, 0.2) is 78.4 Å². The second-order valence-corrected chi connectivity index (χ2v) is 7.55. The molecule has 1 N–H and O–H groups in total. The largest absolute Gasteiger partial charge is 0.507 e. The van der Waals surface area contributed by atoms with Gasteiger partial charge in [0.05, 0.1) is 23.2 Å². The highest BCUT2D eigenvalue weighted by molar-refractivity contribution is 6.51. The maximum atomic E-state index is 13.1. The zero-order valence-electron chi connectivity index (χ0n) is 17.2. The molecule has 1 saturated heterocycles. The van der Waals surface area contributed by atoms with Crippen molar-refractivity contribution in [3.05, 3.63) is 106 Å². The number of carbonyl (C=O) groups is 2. The van der Waals surface area contributed by atoms with E-state index in [1.54, 1.807) is 36.4 Å². The van der Waals surface area contributed by atoms with E-state index < -0.39 is 17.7 Å². The third-order valence-electron chi connectivity index (χ3n) is 5.53. The highest BCUT2D eigenvalue weighted by Gasteiger charge is 2.47. The zero-order chi connectivity index (χ0) is 22.1. The third-order valence-corrected chi connectivity index (χ3v) is 5.53. The zero-order valence-corrected chi connectivity index (χ0v) is 17.2. The lowest BCUT2D eigenvalue weighted by Gasteiger charge is -2.26. The Morgan fingerprint density at radius 1 is 0.935 bits per heavy atom. The van der Waals surface area contributed by atoms with E-state index in [0.717, 1.165) is 16.7 Å². The average molecular weight is 408 g/mol. The predicted octanol–water partition coefficient (Wildman–Crippen LogP) is 4.80. The van der Waals surface area contributed by atoms with Gasteiger partial charge in [-0.05, 0) is 49.2 Å². The molecule has 0 bridgehead atoms. The van der Waals surface area contributed by atoms with Gasteiger partial charge in [-0.1, -0.05) is 54.1 Å². The number of carbonyl (C=O) groups excluding carboxylic acids is 2. The first-order valence-electron chi connectivity index (χ1n) is 9.86. The molecule has 3 aromatic carbocycles. The van der Waals surface area contributed by atoms with Gasteiger partial charge in [0.25, 0.3) is 11.7 Å². The molecule has 1 aliphatic rings. The maximum absolute atomic E-state index is 13.1. The quantitative estimate of drug-likeness (QED) is 0.383. The molecule has 1 atom stereocenters. The second kappa shape index (κ2) is 7.92. The lowest BCUT2D eigenvalue weighted by molar-refractivity contribution is -0.132. The molecule has 31 heavy (non-hydrogen) atoms. The Balaban J connectivity index is 1.95. The number of nitriles is 1. The molecule has 3 aromatic rings. The van der Waals surface area contributed by atoms with Crippen LogP contribution in [-0.2, 0) is 9.59 Å². The first-order chi connectivity index (χ1) is 14.9. The molecule has 1 amide bonds. The van der Waals surface area contributed by atoms with Crippen molar-refractivity contribution in [3.63, 3.8) is 0 Å². The standard InChI is InChI=1S/C26H20N2O3/c1-16-7-11-19(12-8-16)24(29)22-23(21-6-4-3-5-17(21)2)28(26(31)25(22)30)20-13-9-18(15-27)10-14-20/h3-14,23,29H,1-2H3/b24-22-. The van der Waals surface area contributed by atoms with Crippen molar-refractivity contribution in [3.8, 4) is 6.07 Å². The molecule has 1 unspecified atom stereocenters. The summed E-state index contributed by atoms with van der Waals surface area (Å²) in [4.78, 5) is 27.6. The van der Waals surface area contributed by atoms with E-state index >= 15 is 0 Å². The minimum Gasteiger partial charge on any atom is -0.507 e. The summed E-state index contributed by atoms with van der Waals surface area (Å²) < 4.78 is 0. The number of benzene rings is 3. The van der Waals surface area contributed by atoms with Gasteiger partial charge < -0.3 is 5.11 Å². The smallest absolute Gasteiger partial charge is 0.300 e. The maximum Gasteiger partial charge on any atom is 0.300 e. The molecule has 0 radical (unpaired) electrons. The first kappa shape index (κ1) is 20.1. The van der Waals surface area contributed by atoms with Crippen molar-refractivity contribution in [2.45, 2.75) is 19.9 Å². The molecule has 5 heteroatoms. The number of ketones is 1. The summed E-state index contributed by atoms with van der Waals surface area (Å²) in [6, 6.07) is 22.4. The molecule has 4 rings (SSSR count). The number of amides is 1. The van der Waals surface area contributed by atoms with Gasteiger partial charge in [-0.3, -0.25) is 14.5 Å². The summed E-state index contributed by atoms with van der Waals surface area (Å²) in [7, 11) is 0. The fourth-order valence-electron chi connectivity index (χ4n) is 3.85. The topological polar surface area (TPSA) is 81.4 Å². The van der Waals surface area contributed by atoms with Crippen molar-refractivity contribution in [1.29, 1.82) is 5.26 Å². The number of anilines is 1. The average Bonchev–Trinajstić information content (AvgIpc) is 3.04. The highest BCUT2D eigenvalue weighted by Crippen LogP contribution is 2.43. The summed E-state index contributed by atoms with van der Waals surface area (Å²) >= 11 is 0. The number of Topliss-reactive ketones (excluding diaryl/α,β-unsaturated/α-hetero) is 1. The van der Waals surface area contributed by atoms with Crippen LogP contribution in [0.3, 0.4) is 0 Å². The lowest BCUT2D eigenvalue weighted by atomic mass is 9.92. The molecule has 0 aromatic heterocycles. The first-order valence-corrected chi connectivity index (χ1v) is 9.86. The molecule has 0 saturated carbocycles. The summed E-state index contributed by atoms with van der Waals surface area (Å²) in [6.07, 6.45) is 0. The van der Waals surface area contributed by atoms with Crippen LogP contribution in [0.25, 0.3) is 5.76 Å². The minimum atomic E-state index is -0.782. The normalized spacial score (nSPS) is 17.6. The molecular weight excluding hydrogens is 388 g/mol. The Hall–Kier alpha value is -4.17. The van der Waals surface area contributed by atoms with E-state index in [4.69, 9.17) is 5.26 Å². The van der Waals surface area contributed by atoms with Gasteiger partial charge in [0.2, 0.25) is 0 Å². The number of aryl methyl sites for hydroxylation is 2. The van der Waals surface area contributed by atoms with Gasteiger partial charge in [-0.15, -0.1) is 0 Å². The monoisotopic (exact) mass is 408 g/mol. The van der Waals surface area contributed by atoms with Crippen molar-refractivity contribution in [2.75, 3.05) is 4.90 Å². The fraction of sp³-hybridized carbons (Fsp3) is 0.115. The minimum absolute atomic E-state index is 0.0486. The van der Waals surface area contributed by atoms with Gasteiger partial charge in [-0.25, -0.2) is 0 Å². The number of hydrogen-bond donors (Lipinski definition) is 1. The molecule has 5 nitrogen and oxygen atoms in total. The summed E-state index contributed by atoms with van der Waals surface area (Å²) in [5.41, 5.74) is 4.12. The molecule has 1 aliphatic heterocycles. The van der Waals surface area contributed by atoms with Crippen LogP contribution in [0.4, 0.5) is 5.69 Å². The number of hydrogen-bond acceptors (Lipinski definition) is 4. The van der Waals surface area contributed by atoms with Gasteiger partial charge in [0.15, 0.2) is 0 Å². The van der Waals surface area contributed by atoms with E-state index in [2.05, 4.69) is 6.07 Å². The van der Waals surface area contributed by atoms with Crippen LogP contribution in [0, 0.1) is 25.2 Å². The van der Waals surface area contributed by atoms with E-state index in [1.165, 1.54) is 4.90 Å². The van der Waals surface area contributed by atoms with Gasteiger partial charge in [-0.2, -0.15) is 5.26 Å². The number of nitrogens with zero attached hydrogens (tertiary/aromatic N) is 2. The number of rotatable bonds is 3. The van der Waals surface area contributed by atoms with E-state index in [0.29, 0.717) is 16.8 Å². The SMILES string of the molecule is Cc1ccc(/C(O)=C2/C(=O)C(=O)N(c3ccc(C#N)cc3)C2c2ccccc2C)cc1. The Kier molecular flexibility index (Phi) is 5.14. The highest BCUT2D eigenvalue weighted by atomic mass is 16.3. The molecule has 152 valence electrons. The molecule has 0 aliphatic carbocycles. The van der Waals surface area contributed by atoms with Gasteiger partial charge in [0.1, 0.15) is 5.76 Å². The summed E-state index contributed by atoms with van der Waals surface area (Å²) in [6.45, 7) is 3.83. The van der Waals surface area contributed by atoms with Crippen LogP contribution in [0.5, 0.6) is 0 Å². The van der Waals surface area contributed by atoms with Crippen LogP contribution in [-0.4, -0.2) is 16.8 Å². The van der Waals surface area contributed by atoms with Gasteiger partial charge >= 0.3 is 0 Å². The van der Waals surface area contributed by atoms with E-state index in [9.17, 15) is 14.7 Å². The summed E-state index contributed by atoms with van der Waals surface area (Å²) in [5.74, 6) is -1.66. The van der Waals surface area contributed by atoms with Crippen molar-refractivity contribution >= 4 is 23.1 Å². The Morgan fingerprint density at radius 2 is 1.58 bits per heavy atom. The lowest BCUT2D eigenvalue weighted by Crippen LogP contribution is -2.29. The fourth-order valence-corrected chi connectivity index (χ4v) is 3.85. The Bertz CT molecular complexity index is 1250. The van der Waals surface area contributed by atoms with Crippen LogP contribution in [0.2, 0.25) is 0 Å². The summed E-state index contributed by atoms with van der Waals surface area (Å²) in [5, 5.41) is 20.2. The molecule has 1 heterocycles. The van der Waals surface area contributed by atoms with Crippen molar-refractivity contribution < 1.29 is 14.7 Å². The third kappa shape index (κ3) is 3.49. The second-order valence-electron chi connectivity index (χ2n) is 7.55. The van der Waals surface area contributed by atoms with E-state index in [1.807, 2.05) is 50.2 Å². The Labute approximate surface area is 180 Å². The molecule has 0 spiro atoms. The number of aliphatic hydroxyl groups excluding tert-OH is 1. The molecule has 1 fully saturated rings. The van der Waals surface area contributed by atoms with Crippen LogP contribution in [0.1, 0.15) is 33.9 Å². The van der Waals surface area contributed by atoms with Crippen molar-refractivity contribution in [2.24, 2.45) is 0 Å². The van der Waals surface area contributed by atoms with E-state index in [-0.39, 0.29) is 11.3 Å². The number of aliphatic hydroxyl groups is 1. The molecular formula is C26H20N2O3. The Morgan fingerprint density at radius 3 is 2.19 bits per heavy atom. The van der Waals surface area contributed by atoms with Gasteiger partial charge in [0, 0.05) is 11.3 Å².